The number of hydrogen-bond acceptors (Lipinski definition) is 2. The molecule has 0 aromatic heterocycles. The van der Waals surface area contributed by atoms with E-state index in [4.69, 9.17) is 0 Å². The summed E-state index contributed by atoms with van der Waals surface area (Å²) in [6.07, 6.45) is 3.74. The van der Waals surface area contributed by atoms with Crippen LogP contribution in [-0.2, 0) is 4.79 Å². The highest BCUT2D eigenvalue weighted by Crippen LogP contribution is 2.15. The van der Waals surface area contributed by atoms with Gasteiger partial charge < -0.3 is 10.0 Å². The Hall–Kier alpha value is -1.61. The van der Waals surface area contributed by atoms with Crippen LogP contribution in [0, 0.1) is 0 Å². The number of aliphatic hydroxyl groups is 1. The zero-order valence-electron chi connectivity index (χ0n) is 11.5. The molecule has 1 heterocycles. The van der Waals surface area contributed by atoms with E-state index >= 15 is 0 Å². The molecule has 2 rings (SSSR count). The first-order chi connectivity index (χ1) is 9.06. The van der Waals surface area contributed by atoms with Gasteiger partial charge in [-0.2, -0.15) is 0 Å². The smallest absolute Gasteiger partial charge is 0.246 e. The van der Waals surface area contributed by atoms with Crippen molar-refractivity contribution >= 4 is 12.0 Å². The standard InChI is InChI=1S/C16H21NO2/c1-12(2)14-6-3-13(4-7-14)5-8-16(19)17-10-9-15(18)11-17/h3-8,12,15,18H,9-11H2,1-2H3. The number of likely N-dealkylation sites (tertiary alicyclic amines) is 1. The van der Waals surface area contributed by atoms with Crippen molar-refractivity contribution in [3.63, 3.8) is 0 Å². The summed E-state index contributed by atoms with van der Waals surface area (Å²) in [5.41, 5.74) is 2.32. The van der Waals surface area contributed by atoms with Gasteiger partial charge in [0.1, 0.15) is 0 Å². The molecular weight excluding hydrogens is 238 g/mol. The van der Waals surface area contributed by atoms with Crippen molar-refractivity contribution in [2.24, 2.45) is 0 Å². The summed E-state index contributed by atoms with van der Waals surface area (Å²) in [6.45, 7) is 5.42. The number of benzene rings is 1. The minimum atomic E-state index is -0.359. The topological polar surface area (TPSA) is 40.5 Å². The third-order valence-electron chi connectivity index (χ3n) is 3.50. The number of carbonyl (C=O) groups excluding carboxylic acids is 1. The van der Waals surface area contributed by atoms with E-state index in [1.807, 2.05) is 18.2 Å². The van der Waals surface area contributed by atoms with Crippen molar-refractivity contribution in [2.75, 3.05) is 13.1 Å². The molecule has 3 heteroatoms. The Kier molecular flexibility index (Phi) is 4.38. The zero-order chi connectivity index (χ0) is 13.8. The molecule has 1 N–H and O–H groups in total. The van der Waals surface area contributed by atoms with Crippen molar-refractivity contribution in [1.82, 2.24) is 4.90 Å². The number of rotatable bonds is 3. The van der Waals surface area contributed by atoms with Gasteiger partial charge in [0.2, 0.25) is 5.91 Å². The quantitative estimate of drug-likeness (QED) is 0.847. The molecular formula is C16H21NO2. The van der Waals surface area contributed by atoms with Gasteiger partial charge >= 0.3 is 0 Å². The predicted molar refractivity (Wildman–Crippen MR) is 76.8 cm³/mol. The van der Waals surface area contributed by atoms with Gasteiger partial charge in [-0.15, -0.1) is 0 Å². The Morgan fingerprint density at radius 3 is 2.58 bits per heavy atom. The lowest BCUT2D eigenvalue weighted by Crippen LogP contribution is -2.27. The molecule has 0 aliphatic carbocycles. The van der Waals surface area contributed by atoms with Crippen LogP contribution >= 0.6 is 0 Å². The summed E-state index contributed by atoms with van der Waals surface area (Å²) in [7, 11) is 0. The molecule has 0 radical (unpaired) electrons. The van der Waals surface area contributed by atoms with Crippen LogP contribution < -0.4 is 0 Å². The summed E-state index contributed by atoms with van der Waals surface area (Å²) >= 11 is 0. The van der Waals surface area contributed by atoms with Crippen molar-refractivity contribution in [3.05, 3.63) is 41.5 Å². The fourth-order valence-corrected chi connectivity index (χ4v) is 2.21. The lowest BCUT2D eigenvalue weighted by molar-refractivity contribution is -0.125. The molecule has 1 saturated heterocycles. The highest BCUT2D eigenvalue weighted by molar-refractivity contribution is 5.92. The maximum Gasteiger partial charge on any atom is 0.246 e. The van der Waals surface area contributed by atoms with Gasteiger partial charge in [0, 0.05) is 19.2 Å². The molecule has 1 aliphatic heterocycles. The van der Waals surface area contributed by atoms with Crippen LogP contribution in [0.2, 0.25) is 0 Å². The molecule has 0 bridgehead atoms. The Morgan fingerprint density at radius 2 is 2.05 bits per heavy atom. The van der Waals surface area contributed by atoms with Crippen molar-refractivity contribution in [2.45, 2.75) is 32.3 Å². The maximum absolute atomic E-state index is 11.9. The van der Waals surface area contributed by atoms with Gasteiger partial charge in [0.15, 0.2) is 0 Å². The van der Waals surface area contributed by atoms with Crippen LogP contribution in [0.4, 0.5) is 0 Å². The number of hydrogen-bond donors (Lipinski definition) is 1. The summed E-state index contributed by atoms with van der Waals surface area (Å²) in [5.74, 6) is 0.496. The van der Waals surface area contributed by atoms with Gasteiger partial charge in [-0.25, -0.2) is 0 Å². The number of amides is 1. The molecule has 0 spiro atoms. The van der Waals surface area contributed by atoms with E-state index in [0.29, 0.717) is 25.4 Å². The van der Waals surface area contributed by atoms with Crippen molar-refractivity contribution < 1.29 is 9.90 Å². The Balaban J connectivity index is 1.96. The van der Waals surface area contributed by atoms with Crippen molar-refractivity contribution in [3.8, 4) is 0 Å². The van der Waals surface area contributed by atoms with Gasteiger partial charge in [-0.1, -0.05) is 38.1 Å². The molecule has 1 aromatic carbocycles. The van der Waals surface area contributed by atoms with E-state index in [0.717, 1.165) is 5.56 Å². The first-order valence-electron chi connectivity index (χ1n) is 6.81. The second-order valence-corrected chi connectivity index (χ2v) is 5.38. The molecule has 1 unspecified atom stereocenters. The van der Waals surface area contributed by atoms with Crippen LogP contribution in [0.3, 0.4) is 0 Å². The number of aliphatic hydroxyl groups excluding tert-OH is 1. The summed E-state index contributed by atoms with van der Waals surface area (Å²) in [6, 6.07) is 8.23. The maximum atomic E-state index is 11.9. The molecule has 3 nitrogen and oxygen atoms in total. The summed E-state index contributed by atoms with van der Waals surface area (Å²) in [4.78, 5) is 13.6. The first kappa shape index (κ1) is 13.8. The SMILES string of the molecule is CC(C)c1ccc(C=CC(=O)N2CCC(O)C2)cc1. The van der Waals surface area contributed by atoms with Gasteiger partial charge in [0.05, 0.1) is 6.10 Å². The van der Waals surface area contributed by atoms with Crippen LogP contribution in [0.1, 0.15) is 37.3 Å². The first-order valence-corrected chi connectivity index (χ1v) is 6.81. The third-order valence-corrected chi connectivity index (χ3v) is 3.50. The molecule has 0 saturated carbocycles. The zero-order valence-corrected chi connectivity index (χ0v) is 11.5. The predicted octanol–water partition coefficient (Wildman–Crippen LogP) is 2.42. The van der Waals surface area contributed by atoms with Crippen LogP contribution in [-0.4, -0.2) is 35.1 Å². The number of nitrogens with zero attached hydrogens (tertiary/aromatic N) is 1. The molecule has 19 heavy (non-hydrogen) atoms. The largest absolute Gasteiger partial charge is 0.391 e. The van der Waals surface area contributed by atoms with E-state index in [-0.39, 0.29) is 12.0 Å². The van der Waals surface area contributed by atoms with E-state index in [2.05, 4.69) is 26.0 Å². The van der Waals surface area contributed by atoms with E-state index < -0.39 is 0 Å². The van der Waals surface area contributed by atoms with E-state index in [9.17, 15) is 9.90 Å². The minimum Gasteiger partial charge on any atom is -0.391 e. The Labute approximate surface area is 114 Å². The fourth-order valence-electron chi connectivity index (χ4n) is 2.21. The molecule has 102 valence electrons. The monoisotopic (exact) mass is 259 g/mol. The van der Waals surface area contributed by atoms with Crippen LogP contribution in [0.25, 0.3) is 6.08 Å². The van der Waals surface area contributed by atoms with Gasteiger partial charge in [-0.3, -0.25) is 4.79 Å². The van der Waals surface area contributed by atoms with Gasteiger partial charge in [0.25, 0.3) is 0 Å². The number of carbonyl (C=O) groups is 1. The average Bonchev–Trinajstić information content (AvgIpc) is 2.83. The molecule has 1 atom stereocenters. The normalized spacial score (nSPS) is 19.6. The van der Waals surface area contributed by atoms with Crippen LogP contribution in [0.15, 0.2) is 30.3 Å². The van der Waals surface area contributed by atoms with Gasteiger partial charge in [-0.05, 0) is 29.5 Å². The molecule has 1 fully saturated rings. The van der Waals surface area contributed by atoms with Crippen LogP contribution in [0.5, 0.6) is 0 Å². The van der Waals surface area contributed by atoms with Crippen molar-refractivity contribution in [1.29, 1.82) is 0 Å². The number of β-amino-alcohol motifs (C(OH)–C–C–N with tert-alkyl or cyclic N) is 1. The second-order valence-electron chi connectivity index (χ2n) is 5.38. The van der Waals surface area contributed by atoms with E-state index in [1.54, 1.807) is 11.0 Å². The second kappa shape index (κ2) is 6.02. The summed E-state index contributed by atoms with van der Waals surface area (Å²) in [5, 5.41) is 9.40. The summed E-state index contributed by atoms with van der Waals surface area (Å²) < 4.78 is 0. The molecule has 1 aromatic rings. The minimum absolute atomic E-state index is 0.0236. The highest BCUT2D eigenvalue weighted by atomic mass is 16.3. The fraction of sp³-hybridized carbons (Fsp3) is 0.438. The Morgan fingerprint density at radius 1 is 1.37 bits per heavy atom. The lowest BCUT2D eigenvalue weighted by atomic mass is 10.0. The third kappa shape index (κ3) is 3.67. The molecule has 1 aliphatic rings. The average molecular weight is 259 g/mol. The van der Waals surface area contributed by atoms with E-state index in [1.165, 1.54) is 5.56 Å². The highest BCUT2D eigenvalue weighted by Gasteiger charge is 2.22. The Bertz CT molecular complexity index is 462. The lowest BCUT2D eigenvalue weighted by Gasteiger charge is -2.12. The molecule has 1 amide bonds.